The summed E-state index contributed by atoms with van der Waals surface area (Å²) in [6.45, 7) is 1.85. The molecule has 0 amide bonds. The number of halogens is 2. The van der Waals surface area contributed by atoms with E-state index in [2.05, 4.69) is 10.2 Å². The molecular formula is C10H8F2N2O. The summed E-state index contributed by atoms with van der Waals surface area (Å²) in [7, 11) is 0. The van der Waals surface area contributed by atoms with Crippen LogP contribution >= 0.6 is 0 Å². The van der Waals surface area contributed by atoms with Crippen molar-refractivity contribution in [3.8, 4) is 11.5 Å². The number of rotatable bonds is 2. The molecule has 0 bridgehead atoms. The molecule has 0 fully saturated rings. The number of hydrogen-bond donors (Lipinski definition) is 0. The number of aryl methyl sites for hydroxylation is 1. The van der Waals surface area contributed by atoms with E-state index in [1.807, 2.05) is 6.92 Å². The van der Waals surface area contributed by atoms with Gasteiger partial charge in [0.2, 0.25) is 5.89 Å². The van der Waals surface area contributed by atoms with Gasteiger partial charge in [-0.25, -0.2) is 8.78 Å². The first kappa shape index (κ1) is 9.76. The third-order valence-electron chi connectivity index (χ3n) is 1.93. The van der Waals surface area contributed by atoms with E-state index in [1.54, 1.807) is 0 Å². The highest BCUT2D eigenvalue weighted by Gasteiger charge is 2.12. The molecule has 1 aromatic heterocycles. The summed E-state index contributed by atoms with van der Waals surface area (Å²) in [6, 6.07) is 3.21. The van der Waals surface area contributed by atoms with Crippen LogP contribution in [-0.2, 0) is 6.42 Å². The van der Waals surface area contributed by atoms with E-state index in [4.69, 9.17) is 4.42 Å². The molecule has 0 aliphatic carbocycles. The van der Waals surface area contributed by atoms with Gasteiger partial charge in [-0.3, -0.25) is 0 Å². The average Bonchev–Trinajstić information content (AvgIpc) is 2.66. The van der Waals surface area contributed by atoms with Gasteiger partial charge in [0.15, 0.2) is 0 Å². The van der Waals surface area contributed by atoms with Crippen molar-refractivity contribution in [2.24, 2.45) is 0 Å². The van der Waals surface area contributed by atoms with Crippen molar-refractivity contribution >= 4 is 0 Å². The SMILES string of the molecule is CCc1nnc(-c2ccc(F)cc2F)o1. The van der Waals surface area contributed by atoms with E-state index in [0.29, 0.717) is 12.3 Å². The molecule has 0 radical (unpaired) electrons. The van der Waals surface area contributed by atoms with Gasteiger partial charge in [0.05, 0.1) is 5.56 Å². The minimum atomic E-state index is -0.707. The predicted octanol–water partition coefficient (Wildman–Crippen LogP) is 2.58. The molecule has 2 aromatic rings. The van der Waals surface area contributed by atoms with Crippen molar-refractivity contribution in [1.29, 1.82) is 0 Å². The summed E-state index contributed by atoms with van der Waals surface area (Å²) < 4.78 is 31.1. The highest BCUT2D eigenvalue weighted by atomic mass is 19.1. The molecule has 3 nitrogen and oxygen atoms in total. The number of hydrogen-bond acceptors (Lipinski definition) is 3. The molecule has 0 unspecified atom stereocenters. The summed E-state index contributed by atoms with van der Waals surface area (Å²) in [5.41, 5.74) is 0.114. The minimum absolute atomic E-state index is 0.0735. The zero-order valence-electron chi connectivity index (χ0n) is 8.00. The van der Waals surface area contributed by atoms with Gasteiger partial charge in [-0.05, 0) is 12.1 Å². The van der Waals surface area contributed by atoms with Crippen LogP contribution in [0.1, 0.15) is 12.8 Å². The van der Waals surface area contributed by atoms with Gasteiger partial charge in [0, 0.05) is 12.5 Å². The summed E-state index contributed by atoms with van der Waals surface area (Å²) in [5, 5.41) is 7.37. The average molecular weight is 210 g/mol. The minimum Gasteiger partial charge on any atom is -0.421 e. The Morgan fingerprint density at radius 3 is 2.67 bits per heavy atom. The Balaban J connectivity index is 2.44. The molecule has 0 aliphatic heterocycles. The third kappa shape index (κ3) is 1.86. The number of aromatic nitrogens is 2. The van der Waals surface area contributed by atoms with Crippen LogP contribution in [0, 0.1) is 11.6 Å². The first-order chi connectivity index (χ1) is 7.20. The zero-order chi connectivity index (χ0) is 10.8. The monoisotopic (exact) mass is 210 g/mol. The molecule has 0 saturated carbocycles. The molecule has 0 saturated heterocycles. The van der Waals surface area contributed by atoms with Gasteiger partial charge < -0.3 is 4.42 Å². The van der Waals surface area contributed by atoms with Gasteiger partial charge in [-0.2, -0.15) is 0 Å². The van der Waals surface area contributed by atoms with Crippen LogP contribution in [0.15, 0.2) is 22.6 Å². The van der Waals surface area contributed by atoms with Crippen molar-refractivity contribution < 1.29 is 13.2 Å². The second-order valence-corrected chi connectivity index (χ2v) is 2.98. The van der Waals surface area contributed by atoms with Gasteiger partial charge in [-0.15, -0.1) is 10.2 Å². The maximum atomic E-state index is 13.3. The molecule has 0 N–H and O–H groups in total. The Morgan fingerprint density at radius 1 is 1.27 bits per heavy atom. The fourth-order valence-corrected chi connectivity index (χ4v) is 1.17. The molecule has 0 spiro atoms. The molecule has 1 heterocycles. The van der Waals surface area contributed by atoms with Crippen LogP contribution in [0.5, 0.6) is 0 Å². The summed E-state index contributed by atoms with van der Waals surface area (Å²) in [4.78, 5) is 0. The molecule has 2 rings (SSSR count). The van der Waals surface area contributed by atoms with E-state index >= 15 is 0 Å². The normalized spacial score (nSPS) is 10.6. The molecule has 15 heavy (non-hydrogen) atoms. The Hall–Kier alpha value is -1.78. The van der Waals surface area contributed by atoms with Crippen LogP contribution in [0.3, 0.4) is 0 Å². The van der Waals surface area contributed by atoms with Crippen LogP contribution in [-0.4, -0.2) is 10.2 Å². The van der Waals surface area contributed by atoms with Crippen molar-refractivity contribution in [3.63, 3.8) is 0 Å². The Bertz CT molecular complexity index is 482. The van der Waals surface area contributed by atoms with Crippen LogP contribution < -0.4 is 0 Å². The lowest BCUT2D eigenvalue weighted by Gasteiger charge is -1.96. The lowest BCUT2D eigenvalue weighted by atomic mass is 10.2. The number of benzene rings is 1. The largest absolute Gasteiger partial charge is 0.421 e. The second kappa shape index (κ2) is 3.76. The molecule has 5 heteroatoms. The summed E-state index contributed by atoms with van der Waals surface area (Å²) in [5.74, 6) is -0.842. The zero-order valence-corrected chi connectivity index (χ0v) is 8.00. The van der Waals surface area contributed by atoms with Gasteiger partial charge >= 0.3 is 0 Å². The third-order valence-corrected chi connectivity index (χ3v) is 1.93. The Kier molecular flexibility index (Phi) is 2.45. The van der Waals surface area contributed by atoms with Crippen LogP contribution in [0.4, 0.5) is 8.78 Å². The maximum absolute atomic E-state index is 13.3. The smallest absolute Gasteiger partial charge is 0.250 e. The van der Waals surface area contributed by atoms with E-state index in [-0.39, 0.29) is 11.5 Å². The fraction of sp³-hybridized carbons (Fsp3) is 0.200. The van der Waals surface area contributed by atoms with Gasteiger partial charge in [0.1, 0.15) is 11.6 Å². The van der Waals surface area contributed by atoms with Crippen molar-refractivity contribution in [2.75, 3.05) is 0 Å². The van der Waals surface area contributed by atoms with Crippen molar-refractivity contribution in [1.82, 2.24) is 10.2 Å². The summed E-state index contributed by atoms with van der Waals surface area (Å²) in [6.07, 6.45) is 0.579. The van der Waals surface area contributed by atoms with Crippen molar-refractivity contribution in [2.45, 2.75) is 13.3 Å². The Labute approximate surface area is 84.8 Å². The topological polar surface area (TPSA) is 38.9 Å². The molecular weight excluding hydrogens is 202 g/mol. The fourth-order valence-electron chi connectivity index (χ4n) is 1.17. The van der Waals surface area contributed by atoms with E-state index < -0.39 is 11.6 Å². The van der Waals surface area contributed by atoms with Crippen LogP contribution in [0.2, 0.25) is 0 Å². The van der Waals surface area contributed by atoms with Gasteiger partial charge in [-0.1, -0.05) is 6.92 Å². The first-order valence-corrected chi connectivity index (χ1v) is 4.48. The molecule has 0 atom stereocenters. The molecule has 78 valence electrons. The quantitative estimate of drug-likeness (QED) is 0.764. The predicted molar refractivity (Wildman–Crippen MR) is 49.0 cm³/mol. The van der Waals surface area contributed by atoms with E-state index in [0.717, 1.165) is 12.1 Å². The molecule has 0 aliphatic rings. The second-order valence-electron chi connectivity index (χ2n) is 2.98. The van der Waals surface area contributed by atoms with Crippen molar-refractivity contribution in [3.05, 3.63) is 35.7 Å². The lowest BCUT2D eigenvalue weighted by Crippen LogP contribution is -1.86. The number of nitrogens with zero attached hydrogens (tertiary/aromatic N) is 2. The lowest BCUT2D eigenvalue weighted by molar-refractivity contribution is 0.507. The highest BCUT2D eigenvalue weighted by molar-refractivity contribution is 5.53. The summed E-state index contributed by atoms with van der Waals surface area (Å²) >= 11 is 0. The first-order valence-electron chi connectivity index (χ1n) is 4.48. The van der Waals surface area contributed by atoms with E-state index in [1.165, 1.54) is 6.07 Å². The standard InChI is InChI=1S/C10H8F2N2O/c1-2-9-13-14-10(15-9)7-4-3-6(11)5-8(7)12/h3-5H,2H2,1H3. The van der Waals surface area contributed by atoms with Gasteiger partial charge in [0.25, 0.3) is 5.89 Å². The van der Waals surface area contributed by atoms with E-state index in [9.17, 15) is 8.78 Å². The van der Waals surface area contributed by atoms with Crippen LogP contribution in [0.25, 0.3) is 11.5 Å². The Morgan fingerprint density at radius 2 is 2.07 bits per heavy atom. The molecule has 1 aromatic carbocycles. The maximum Gasteiger partial charge on any atom is 0.250 e. The highest BCUT2D eigenvalue weighted by Crippen LogP contribution is 2.21.